The van der Waals surface area contributed by atoms with Gasteiger partial charge in [0.1, 0.15) is 24.2 Å². The molecule has 5 rings (SSSR count). The van der Waals surface area contributed by atoms with Gasteiger partial charge in [0.25, 0.3) is 5.91 Å². The summed E-state index contributed by atoms with van der Waals surface area (Å²) in [4.78, 5) is 30.4. The standard InChI is InChI=1S/C30H31FN6O3/c1-2-40-24-18-16-21(17-19-24)28(30(39)32-22-10-6-7-11-22)37(23-12-4-3-5-13-23)27(38)20-36-34-29(33-35-36)25-14-8-9-15-26(25)31/h3-5,8-9,12-19,22,28H,2,6-7,10-11,20H2,1H3,(H,32,39)/t28-/m1/s1. The number of hydrogen-bond acceptors (Lipinski definition) is 6. The van der Waals surface area contributed by atoms with Gasteiger partial charge in [-0.25, -0.2) is 4.39 Å². The molecule has 1 aliphatic rings. The molecule has 1 N–H and O–H groups in total. The summed E-state index contributed by atoms with van der Waals surface area (Å²) >= 11 is 0. The number of ether oxygens (including phenoxy) is 1. The molecule has 0 radical (unpaired) electrons. The highest BCUT2D eigenvalue weighted by molar-refractivity contribution is 6.01. The monoisotopic (exact) mass is 542 g/mol. The minimum Gasteiger partial charge on any atom is -0.494 e. The Bertz CT molecular complexity index is 1440. The van der Waals surface area contributed by atoms with Crippen molar-refractivity contribution in [1.82, 2.24) is 25.5 Å². The summed E-state index contributed by atoms with van der Waals surface area (Å²) in [6.45, 7) is 2.11. The zero-order chi connectivity index (χ0) is 27.9. The largest absolute Gasteiger partial charge is 0.494 e. The van der Waals surface area contributed by atoms with Crippen molar-refractivity contribution in [2.75, 3.05) is 11.5 Å². The van der Waals surface area contributed by atoms with Gasteiger partial charge in [0, 0.05) is 11.7 Å². The highest BCUT2D eigenvalue weighted by atomic mass is 19.1. The van der Waals surface area contributed by atoms with Crippen LogP contribution in [0.2, 0.25) is 0 Å². The van der Waals surface area contributed by atoms with E-state index in [4.69, 9.17) is 4.74 Å². The minimum absolute atomic E-state index is 0.0609. The van der Waals surface area contributed by atoms with Crippen LogP contribution in [0.15, 0.2) is 78.9 Å². The fourth-order valence-corrected chi connectivity index (χ4v) is 4.96. The lowest BCUT2D eigenvalue weighted by Gasteiger charge is -2.32. The van der Waals surface area contributed by atoms with Crippen LogP contribution in [0, 0.1) is 5.82 Å². The predicted molar refractivity (Wildman–Crippen MR) is 148 cm³/mol. The van der Waals surface area contributed by atoms with Crippen LogP contribution < -0.4 is 15.0 Å². The molecular weight excluding hydrogens is 511 g/mol. The molecule has 1 aromatic heterocycles. The Balaban J connectivity index is 1.49. The maximum atomic E-state index is 14.3. The maximum absolute atomic E-state index is 14.3. The molecule has 0 aliphatic heterocycles. The number of nitrogens with zero attached hydrogens (tertiary/aromatic N) is 5. The van der Waals surface area contributed by atoms with Gasteiger partial charge in [-0.1, -0.05) is 55.3 Å². The molecule has 0 unspecified atom stereocenters. The van der Waals surface area contributed by atoms with Crippen LogP contribution in [0.4, 0.5) is 10.1 Å². The van der Waals surface area contributed by atoms with Crippen LogP contribution in [0.5, 0.6) is 5.75 Å². The number of amides is 2. The molecule has 0 saturated heterocycles. The first kappa shape index (κ1) is 27.0. The topological polar surface area (TPSA) is 102 Å². The second-order valence-electron chi connectivity index (χ2n) is 9.62. The molecule has 1 heterocycles. The molecule has 9 nitrogen and oxygen atoms in total. The first-order valence-electron chi connectivity index (χ1n) is 13.5. The number of carbonyl (C=O) groups is 2. The smallest absolute Gasteiger partial charge is 0.251 e. The lowest BCUT2D eigenvalue weighted by molar-refractivity contribution is -0.127. The van der Waals surface area contributed by atoms with Gasteiger partial charge >= 0.3 is 0 Å². The Morgan fingerprint density at radius 1 is 1.02 bits per heavy atom. The lowest BCUT2D eigenvalue weighted by Crippen LogP contribution is -2.47. The molecule has 1 aliphatic carbocycles. The van der Waals surface area contributed by atoms with Crippen molar-refractivity contribution in [2.24, 2.45) is 0 Å². The van der Waals surface area contributed by atoms with Crippen molar-refractivity contribution < 1.29 is 18.7 Å². The quantitative estimate of drug-likeness (QED) is 0.311. The number of anilines is 1. The molecule has 10 heteroatoms. The van der Waals surface area contributed by atoms with E-state index in [1.54, 1.807) is 54.6 Å². The van der Waals surface area contributed by atoms with Crippen LogP contribution in [0.3, 0.4) is 0 Å². The Morgan fingerprint density at radius 3 is 2.42 bits per heavy atom. The lowest BCUT2D eigenvalue weighted by atomic mass is 10.0. The summed E-state index contributed by atoms with van der Waals surface area (Å²) in [5.41, 5.74) is 1.36. The van der Waals surface area contributed by atoms with Crippen molar-refractivity contribution in [3.05, 3.63) is 90.2 Å². The highest BCUT2D eigenvalue weighted by Gasteiger charge is 2.34. The van der Waals surface area contributed by atoms with E-state index in [0.29, 0.717) is 23.6 Å². The van der Waals surface area contributed by atoms with E-state index in [1.807, 2.05) is 25.1 Å². The van der Waals surface area contributed by atoms with Gasteiger partial charge in [-0.05, 0) is 66.9 Å². The minimum atomic E-state index is -0.958. The molecule has 1 atom stereocenters. The summed E-state index contributed by atoms with van der Waals surface area (Å²) in [5.74, 6) is -0.445. The summed E-state index contributed by atoms with van der Waals surface area (Å²) in [7, 11) is 0. The van der Waals surface area contributed by atoms with E-state index in [0.717, 1.165) is 30.5 Å². The van der Waals surface area contributed by atoms with Crippen molar-refractivity contribution in [3.63, 3.8) is 0 Å². The van der Waals surface area contributed by atoms with Gasteiger partial charge in [-0.3, -0.25) is 14.5 Å². The normalized spacial score (nSPS) is 14.1. The van der Waals surface area contributed by atoms with Gasteiger partial charge in [0.05, 0.1) is 12.2 Å². The molecule has 2 amide bonds. The summed E-state index contributed by atoms with van der Waals surface area (Å²) in [6, 6.07) is 21.4. The molecule has 206 valence electrons. The van der Waals surface area contributed by atoms with Gasteiger partial charge in [-0.15, -0.1) is 10.2 Å². The predicted octanol–water partition coefficient (Wildman–Crippen LogP) is 4.71. The number of halogens is 1. The molecule has 0 spiro atoms. The zero-order valence-electron chi connectivity index (χ0n) is 22.2. The van der Waals surface area contributed by atoms with Crippen molar-refractivity contribution in [3.8, 4) is 17.1 Å². The van der Waals surface area contributed by atoms with E-state index in [2.05, 4.69) is 20.7 Å². The van der Waals surface area contributed by atoms with Gasteiger partial charge in [-0.2, -0.15) is 4.80 Å². The third-order valence-electron chi connectivity index (χ3n) is 6.86. The SMILES string of the molecule is CCOc1ccc([C@H](C(=O)NC2CCCC2)N(C(=O)Cn2nnc(-c3ccccc3F)n2)c2ccccc2)cc1. The second-order valence-corrected chi connectivity index (χ2v) is 9.62. The summed E-state index contributed by atoms with van der Waals surface area (Å²) < 4.78 is 19.9. The fourth-order valence-electron chi connectivity index (χ4n) is 4.96. The third-order valence-corrected chi connectivity index (χ3v) is 6.86. The Labute approximate surface area is 232 Å². The van der Waals surface area contributed by atoms with E-state index in [9.17, 15) is 14.0 Å². The van der Waals surface area contributed by atoms with Gasteiger partial charge in [0.2, 0.25) is 11.7 Å². The van der Waals surface area contributed by atoms with E-state index in [1.165, 1.54) is 11.0 Å². The first-order valence-corrected chi connectivity index (χ1v) is 13.5. The molecule has 3 aromatic carbocycles. The highest BCUT2D eigenvalue weighted by Crippen LogP contribution is 2.30. The molecule has 40 heavy (non-hydrogen) atoms. The van der Waals surface area contributed by atoms with E-state index in [-0.39, 0.29) is 29.9 Å². The van der Waals surface area contributed by atoms with E-state index < -0.39 is 17.8 Å². The third kappa shape index (κ3) is 6.17. The number of carbonyl (C=O) groups excluding carboxylic acids is 2. The van der Waals surface area contributed by atoms with Crippen LogP contribution in [-0.2, 0) is 16.1 Å². The Kier molecular flexibility index (Phi) is 8.44. The number of nitrogens with one attached hydrogen (secondary N) is 1. The van der Waals surface area contributed by atoms with Crippen LogP contribution in [-0.4, -0.2) is 44.7 Å². The Hall–Kier alpha value is -4.60. The zero-order valence-corrected chi connectivity index (χ0v) is 22.2. The second kappa shape index (κ2) is 12.5. The molecule has 0 bridgehead atoms. The molecule has 1 fully saturated rings. The summed E-state index contributed by atoms with van der Waals surface area (Å²) in [5, 5.41) is 15.3. The van der Waals surface area contributed by atoms with Gasteiger partial charge in [0.15, 0.2) is 0 Å². The molecule has 1 saturated carbocycles. The summed E-state index contributed by atoms with van der Waals surface area (Å²) in [6.07, 6.45) is 3.93. The number of para-hydroxylation sites is 1. The molecule has 4 aromatic rings. The number of benzene rings is 3. The van der Waals surface area contributed by atoms with Crippen molar-refractivity contribution in [2.45, 2.75) is 51.2 Å². The average Bonchev–Trinajstić information content (AvgIpc) is 3.65. The van der Waals surface area contributed by atoms with Crippen LogP contribution in [0.1, 0.15) is 44.2 Å². The van der Waals surface area contributed by atoms with Crippen molar-refractivity contribution in [1.29, 1.82) is 0 Å². The number of hydrogen-bond donors (Lipinski definition) is 1. The maximum Gasteiger partial charge on any atom is 0.251 e. The number of aromatic nitrogens is 4. The number of tetrazole rings is 1. The first-order chi connectivity index (χ1) is 19.5. The van der Waals surface area contributed by atoms with Crippen molar-refractivity contribution >= 4 is 17.5 Å². The Morgan fingerprint density at radius 2 is 1.73 bits per heavy atom. The molecular formula is C30H31FN6O3. The average molecular weight is 543 g/mol. The van der Waals surface area contributed by atoms with Crippen LogP contribution >= 0.6 is 0 Å². The fraction of sp³-hybridized carbons (Fsp3) is 0.300. The van der Waals surface area contributed by atoms with E-state index >= 15 is 0 Å². The van der Waals surface area contributed by atoms with Crippen LogP contribution in [0.25, 0.3) is 11.4 Å². The number of rotatable bonds is 10. The van der Waals surface area contributed by atoms with Gasteiger partial charge < -0.3 is 10.1 Å².